The van der Waals surface area contributed by atoms with Gasteiger partial charge in [0.1, 0.15) is 29.2 Å². The van der Waals surface area contributed by atoms with E-state index in [9.17, 15) is 0 Å². The summed E-state index contributed by atoms with van der Waals surface area (Å²) in [7, 11) is 0. The fraction of sp³-hybridized carbons (Fsp3) is 0.476. The van der Waals surface area contributed by atoms with Gasteiger partial charge in [0.2, 0.25) is 0 Å². The highest BCUT2D eigenvalue weighted by atomic mass is 19.0. The highest BCUT2D eigenvalue weighted by molar-refractivity contribution is 5.93. The van der Waals surface area contributed by atoms with Crippen LogP contribution in [0.1, 0.15) is 47.9 Å². The molecule has 28 heavy (non-hydrogen) atoms. The Bertz CT molecular complexity index is 938. The first-order chi connectivity index (χ1) is 13.2. The van der Waals surface area contributed by atoms with E-state index < -0.39 is 0 Å². The Morgan fingerprint density at radius 2 is 1.86 bits per heavy atom. The summed E-state index contributed by atoms with van der Waals surface area (Å²) in [6.45, 7) is 8.28. The van der Waals surface area contributed by atoms with Gasteiger partial charge in [0.05, 0.1) is 11.2 Å². The number of fused-ring (bicyclic) bond motifs is 1. The molecule has 0 spiro atoms. The number of nitrogens with one attached hydrogen (secondary N) is 1. The van der Waals surface area contributed by atoms with Gasteiger partial charge in [-0.1, -0.05) is 13.8 Å². The van der Waals surface area contributed by atoms with Gasteiger partial charge in [0.15, 0.2) is 0 Å². The molecule has 152 valence electrons. The Morgan fingerprint density at radius 1 is 1.11 bits per heavy atom. The zero-order valence-electron chi connectivity index (χ0n) is 16.7. The second-order valence-electron chi connectivity index (χ2n) is 7.29. The molecule has 3 heterocycles. The predicted octanol–water partition coefficient (Wildman–Crippen LogP) is 4.98. The Balaban J connectivity index is 0.000000729. The van der Waals surface area contributed by atoms with Crippen LogP contribution < -0.4 is 9.64 Å². The molecule has 2 fully saturated rings. The number of aromatic amines is 1. The van der Waals surface area contributed by atoms with E-state index in [4.69, 9.17) is 4.74 Å². The summed E-state index contributed by atoms with van der Waals surface area (Å²) in [5, 5.41) is 8.63. The molecule has 0 radical (unpaired) electrons. The molecular formula is C21H30FN5O. The molecule has 2 aliphatic rings. The fourth-order valence-corrected chi connectivity index (χ4v) is 3.41. The summed E-state index contributed by atoms with van der Waals surface area (Å²) in [6, 6.07) is 8.13. The number of anilines is 1. The number of hydrogen-bond acceptors (Lipinski definition) is 5. The number of aromatic nitrogens is 4. The second kappa shape index (κ2) is 8.12. The Labute approximate surface area is 166 Å². The van der Waals surface area contributed by atoms with Crippen molar-refractivity contribution in [1.29, 1.82) is 0 Å². The fourth-order valence-electron chi connectivity index (χ4n) is 3.41. The van der Waals surface area contributed by atoms with Crippen LogP contribution in [0, 0.1) is 0 Å². The lowest BCUT2D eigenvalue weighted by Crippen LogP contribution is -2.19. The van der Waals surface area contributed by atoms with E-state index in [1.807, 2.05) is 32.0 Å². The second-order valence-corrected chi connectivity index (χ2v) is 7.29. The van der Waals surface area contributed by atoms with Crippen LogP contribution in [-0.4, -0.2) is 38.9 Å². The third-order valence-corrected chi connectivity index (χ3v) is 5.18. The summed E-state index contributed by atoms with van der Waals surface area (Å²) < 4.78 is 6.10. The minimum absolute atomic E-state index is 0. The van der Waals surface area contributed by atoms with Crippen LogP contribution in [0.4, 0.5) is 10.5 Å². The minimum atomic E-state index is 0. The van der Waals surface area contributed by atoms with Crippen LogP contribution in [-0.2, 0) is 0 Å². The molecule has 1 aliphatic heterocycles. The highest BCUT2D eigenvalue weighted by Gasteiger charge is 2.40. The molecule has 0 amide bonds. The van der Waals surface area contributed by atoms with Gasteiger partial charge >= 0.3 is 0 Å². The van der Waals surface area contributed by atoms with Gasteiger partial charge in [-0.15, -0.1) is 0 Å². The molecule has 1 aromatic carbocycles. The molecule has 0 bridgehead atoms. The van der Waals surface area contributed by atoms with Gasteiger partial charge in [-0.05, 0) is 50.8 Å². The van der Waals surface area contributed by atoms with Crippen LogP contribution in [0.5, 0.6) is 5.75 Å². The molecule has 1 saturated heterocycles. The van der Waals surface area contributed by atoms with E-state index >= 15 is 0 Å². The first-order valence-corrected chi connectivity index (χ1v) is 9.95. The van der Waals surface area contributed by atoms with E-state index in [1.165, 1.54) is 12.8 Å². The van der Waals surface area contributed by atoms with Crippen molar-refractivity contribution in [1.82, 2.24) is 20.2 Å². The number of halogens is 1. The first kappa shape index (κ1) is 20.0. The summed E-state index contributed by atoms with van der Waals surface area (Å²) >= 11 is 0. The zero-order chi connectivity index (χ0) is 18.9. The van der Waals surface area contributed by atoms with Crippen LogP contribution in [0.25, 0.3) is 22.3 Å². The van der Waals surface area contributed by atoms with Crippen molar-refractivity contribution in [2.45, 2.75) is 52.1 Å². The van der Waals surface area contributed by atoms with Crippen molar-refractivity contribution in [3.05, 3.63) is 30.6 Å². The summed E-state index contributed by atoms with van der Waals surface area (Å²) in [5.74, 6) is 1.88. The van der Waals surface area contributed by atoms with Crippen molar-refractivity contribution in [3.63, 3.8) is 0 Å². The molecule has 5 rings (SSSR count). The molecule has 0 atom stereocenters. The largest absolute Gasteiger partial charge is 0.488 e. The van der Waals surface area contributed by atoms with Gasteiger partial charge in [-0.3, -0.25) is 9.80 Å². The normalized spacial score (nSPS) is 16.9. The lowest BCUT2D eigenvalue weighted by atomic mass is 10.1. The van der Waals surface area contributed by atoms with Gasteiger partial charge in [-0.25, -0.2) is 9.97 Å². The Morgan fingerprint density at radius 3 is 2.57 bits per heavy atom. The summed E-state index contributed by atoms with van der Waals surface area (Å²) in [6.07, 6.45) is 6.33. The van der Waals surface area contributed by atoms with E-state index in [-0.39, 0.29) is 11.7 Å². The average molecular weight is 388 g/mol. The lowest BCUT2D eigenvalue weighted by Gasteiger charge is -2.16. The molecule has 1 N–H and O–H groups in total. The average Bonchev–Trinajstić information content (AvgIpc) is 3.11. The van der Waals surface area contributed by atoms with Crippen LogP contribution >= 0.6 is 0 Å². The van der Waals surface area contributed by atoms with Crippen molar-refractivity contribution >= 4 is 16.7 Å². The van der Waals surface area contributed by atoms with Crippen molar-refractivity contribution in [2.24, 2.45) is 0 Å². The minimum Gasteiger partial charge on any atom is -0.488 e. The van der Waals surface area contributed by atoms with Crippen LogP contribution in [0.15, 0.2) is 30.6 Å². The SMILES string of the molecule is CC.CC1(Oc2ccc3[nH]nc(-c4cc(N5CCCC5)ncn4)c3c2)CC1.F.[HH]. The molecule has 0 unspecified atom stereocenters. The highest BCUT2D eigenvalue weighted by Crippen LogP contribution is 2.40. The molecule has 3 aromatic rings. The monoisotopic (exact) mass is 387 g/mol. The number of ether oxygens (including phenoxy) is 1. The Hall–Kier alpha value is -2.70. The van der Waals surface area contributed by atoms with Crippen LogP contribution in [0.3, 0.4) is 0 Å². The van der Waals surface area contributed by atoms with E-state index in [0.717, 1.165) is 59.8 Å². The maximum atomic E-state index is 6.10. The van der Waals surface area contributed by atoms with Gasteiger partial charge in [-0.2, -0.15) is 5.10 Å². The molecule has 1 saturated carbocycles. The van der Waals surface area contributed by atoms with Gasteiger partial charge in [0, 0.05) is 26.0 Å². The summed E-state index contributed by atoms with van der Waals surface area (Å²) in [4.78, 5) is 11.2. The maximum Gasteiger partial charge on any atom is 0.132 e. The van der Waals surface area contributed by atoms with E-state index in [1.54, 1.807) is 6.33 Å². The maximum absolute atomic E-state index is 6.10. The third-order valence-electron chi connectivity index (χ3n) is 5.18. The zero-order valence-corrected chi connectivity index (χ0v) is 16.7. The van der Waals surface area contributed by atoms with Crippen molar-refractivity contribution in [2.75, 3.05) is 18.0 Å². The number of hydrogen-bond donors (Lipinski definition) is 1. The topological polar surface area (TPSA) is 66.9 Å². The lowest BCUT2D eigenvalue weighted by molar-refractivity contribution is 0.200. The molecule has 2 aromatic heterocycles. The first-order valence-electron chi connectivity index (χ1n) is 9.95. The van der Waals surface area contributed by atoms with Crippen molar-refractivity contribution in [3.8, 4) is 17.1 Å². The molecule has 6 nitrogen and oxygen atoms in total. The van der Waals surface area contributed by atoms with Gasteiger partial charge < -0.3 is 9.64 Å². The number of nitrogens with zero attached hydrogens (tertiary/aromatic N) is 4. The van der Waals surface area contributed by atoms with Crippen molar-refractivity contribution < 1.29 is 10.9 Å². The molecule has 1 aliphatic carbocycles. The standard InChI is InChI=1S/C19H21N5O.C2H6.FH.H2/c1-19(6-7-19)25-13-4-5-15-14(10-13)18(23-22-15)16-11-17(21-12-20-16)24-8-2-3-9-24;1-2;;/h4-5,10-12H,2-3,6-9H2,1H3,(H,22,23);1-2H3;2*1H. The third kappa shape index (κ3) is 3.93. The van der Waals surface area contributed by atoms with E-state index in [0.29, 0.717) is 0 Å². The number of H-pyrrole nitrogens is 1. The summed E-state index contributed by atoms with van der Waals surface area (Å²) in [5.41, 5.74) is 2.70. The van der Waals surface area contributed by atoms with E-state index in [2.05, 4.69) is 38.1 Å². The smallest absolute Gasteiger partial charge is 0.132 e. The Kier molecular flexibility index (Phi) is 5.82. The van der Waals surface area contributed by atoms with Gasteiger partial charge in [0.25, 0.3) is 0 Å². The number of rotatable bonds is 4. The number of benzene rings is 1. The molecule has 7 heteroatoms. The van der Waals surface area contributed by atoms with Crippen LogP contribution in [0.2, 0.25) is 0 Å². The molecular weight excluding hydrogens is 357 g/mol. The quantitative estimate of drug-likeness (QED) is 0.684. The predicted molar refractivity (Wildman–Crippen MR) is 113 cm³/mol.